The van der Waals surface area contributed by atoms with Crippen molar-refractivity contribution in [3.63, 3.8) is 0 Å². The summed E-state index contributed by atoms with van der Waals surface area (Å²) in [5.74, 6) is -0.0463. The maximum absolute atomic E-state index is 11.2. The summed E-state index contributed by atoms with van der Waals surface area (Å²) in [5, 5.41) is 6.09. The first-order valence-corrected chi connectivity index (χ1v) is 5.07. The fourth-order valence-electron chi connectivity index (χ4n) is 1.12. The highest BCUT2D eigenvalue weighted by Gasteiger charge is 2.10. The number of pyridine rings is 1. The molecule has 0 bridgehead atoms. The van der Waals surface area contributed by atoms with Gasteiger partial charge in [0, 0.05) is 25.4 Å². The SMILES string of the molecule is CNC(=O)[C@@H](C)NCc1cccnc1Cl. The van der Waals surface area contributed by atoms with Crippen LogP contribution >= 0.6 is 11.6 Å². The van der Waals surface area contributed by atoms with Gasteiger partial charge in [-0.2, -0.15) is 0 Å². The van der Waals surface area contributed by atoms with Crippen LogP contribution in [0.25, 0.3) is 0 Å². The molecule has 1 aromatic heterocycles. The summed E-state index contributed by atoms with van der Waals surface area (Å²) >= 11 is 5.87. The molecule has 0 saturated heterocycles. The molecule has 1 aromatic rings. The summed E-state index contributed by atoms with van der Waals surface area (Å²) in [4.78, 5) is 15.1. The van der Waals surface area contributed by atoms with Gasteiger partial charge in [0.1, 0.15) is 5.15 Å². The van der Waals surface area contributed by atoms with Crippen LogP contribution in [-0.4, -0.2) is 24.0 Å². The highest BCUT2D eigenvalue weighted by molar-refractivity contribution is 6.30. The average Bonchev–Trinajstić information content (AvgIpc) is 2.26. The normalized spacial score (nSPS) is 12.2. The molecule has 0 unspecified atom stereocenters. The number of carbonyl (C=O) groups is 1. The molecule has 1 rings (SSSR count). The van der Waals surface area contributed by atoms with Crippen LogP contribution in [0.2, 0.25) is 5.15 Å². The second kappa shape index (κ2) is 5.68. The Balaban J connectivity index is 2.50. The van der Waals surface area contributed by atoms with E-state index in [1.165, 1.54) is 0 Å². The Morgan fingerprint density at radius 3 is 3.00 bits per heavy atom. The van der Waals surface area contributed by atoms with Crippen molar-refractivity contribution < 1.29 is 4.79 Å². The Morgan fingerprint density at radius 1 is 1.67 bits per heavy atom. The zero-order valence-corrected chi connectivity index (χ0v) is 9.51. The predicted octanol–water partition coefficient (Wildman–Crippen LogP) is 0.959. The number of halogens is 1. The topological polar surface area (TPSA) is 54.0 Å². The highest BCUT2D eigenvalue weighted by atomic mass is 35.5. The summed E-state index contributed by atoms with van der Waals surface area (Å²) in [6.07, 6.45) is 1.63. The highest BCUT2D eigenvalue weighted by Crippen LogP contribution is 2.10. The van der Waals surface area contributed by atoms with Gasteiger partial charge in [-0.15, -0.1) is 0 Å². The molecule has 0 aliphatic carbocycles. The minimum absolute atomic E-state index is 0.0463. The quantitative estimate of drug-likeness (QED) is 0.754. The zero-order chi connectivity index (χ0) is 11.3. The van der Waals surface area contributed by atoms with Gasteiger partial charge in [0.2, 0.25) is 5.91 Å². The molecule has 0 fully saturated rings. The Labute approximate surface area is 94.0 Å². The number of nitrogens with zero attached hydrogens (tertiary/aromatic N) is 1. The molecule has 0 aliphatic heterocycles. The van der Waals surface area contributed by atoms with E-state index < -0.39 is 0 Å². The lowest BCUT2D eigenvalue weighted by Crippen LogP contribution is -2.40. The summed E-state index contributed by atoms with van der Waals surface area (Å²) < 4.78 is 0. The minimum atomic E-state index is -0.244. The van der Waals surface area contributed by atoms with Crippen molar-refractivity contribution in [1.29, 1.82) is 0 Å². The lowest BCUT2D eigenvalue weighted by Gasteiger charge is -2.12. The number of aromatic nitrogens is 1. The fourth-order valence-corrected chi connectivity index (χ4v) is 1.31. The number of carbonyl (C=O) groups excluding carboxylic acids is 1. The minimum Gasteiger partial charge on any atom is -0.358 e. The predicted molar refractivity (Wildman–Crippen MR) is 59.6 cm³/mol. The first-order valence-electron chi connectivity index (χ1n) is 4.69. The monoisotopic (exact) mass is 227 g/mol. The van der Waals surface area contributed by atoms with Crippen LogP contribution < -0.4 is 10.6 Å². The number of amides is 1. The van der Waals surface area contributed by atoms with E-state index in [4.69, 9.17) is 11.6 Å². The lowest BCUT2D eigenvalue weighted by molar-refractivity contribution is -0.122. The molecule has 2 N–H and O–H groups in total. The molecular formula is C10H14ClN3O. The van der Waals surface area contributed by atoms with Gasteiger partial charge >= 0.3 is 0 Å². The zero-order valence-electron chi connectivity index (χ0n) is 8.75. The molecular weight excluding hydrogens is 214 g/mol. The van der Waals surface area contributed by atoms with Crippen LogP contribution in [0.1, 0.15) is 12.5 Å². The molecule has 1 amide bonds. The third kappa shape index (κ3) is 3.49. The van der Waals surface area contributed by atoms with Crippen molar-refractivity contribution in [2.24, 2.45) is 0 Å². The first kappa shape index (κ1) is 11.9. The van der Waals surface area contributed by atoms with Crippen molar-refractivity contribution >= 4 is 17.5 Å². The number of hydrogen-bond acceptors (Lipinski definition) is 3. The van der Waals surface area contributed by atoms with Crippen LogP contribution in [0, 0.1) is 0 Å². The average molecular weight is 228 g/mol. The summed E-state index contributed by atoms with van der Waals surface area (Å²) in [5.41, 5.74) is 0.884. The van der Waals surface area contributed by atoms with Crippen LogP contribution in [0.4, 0.5) is 0 Å². The fraction of sp³-hybridized carbons (Fsp3) is 0.400. The van der Waals surface area contributed by atoms with Crippen molar-refractivity contribution in [1.82, 2.24) is 15.6 Å². The summed E-state index contributed by atoms with van der Waals surface area (Å²) in [6.45, 7) is 2.32. The Morgan fingerprint density at radius 2 is 2.40 bits per heavy atom. The molecule has 0 saturated carbocycles. The van der Waals surface area contributed by atoms with Gasteiger partial charge in [-0.1, -0.05) is 17.7 Å². The van der Waals surface area contributed by atoms with E-state index in [0.717, 1.165) is 5.56 Å². The molecule has 0 radical (unpaired) electrons. The van der Waals surface area contributed by atoms with E-state index in [-0.39, 0.29) is 11.9 Å². The summed E-state index contributed by atoms with van der Waals surface area (Å²) in [7, 11) is 1.61. The molecule has 5 heteroatoms. The molecule has 82 valence electrons. The van der Waals surface area contributed by atoms with E-state index in [1.807, 2.05) is 12.1 Å². The van der Waals surface area contributed by atoms with E-state index in [1.54, 1.807) is 20.2 Å². The van der Waals surface area contributed by atoms with Gasteiger partial charge in [-0.3, -0.25) is 4.79 Å². The van der Waals surface area contributed by atoms with Gasteiger partial charge in [0.05, 0.1) is 6.04 Å². The maximum Gasteiger partial charge on any atom is 0.236 e. The molecule has 1 atom stereocenters. The molecule has 0 aliphatic rings. The van der Waals surface area contributed by atoms with Crippen molar-refractivity contribution in [2.45, 2.75) is 19.5 Å². The Kier molecular flexibility index (Phi) is 4.52. The van der Waals surface area contributed by atoms with Crippen molar-refractivity contribution in [2.75, 3.05) is 7.05 Å². The van der Waals surface area contributed by atoms with Gasteiger partial charge in [-0.25, -0.2) is 4.98 Å². The van der Waals surface area contributed by atoms with Gasteiger partial charge in [-0.05, 0) is 13.0 Å². The van der Waals surface area contributed by atoms with E-state index >= 15 is 0 Å². The molecule has 0 spiro atoms. The largest absolute Gasteiger partial charge is 0.358 e. The van der Waals surface area contributed by atoms with Gasteiger partial charge in [0.25, 0.3) is 0 Å². The molecule has 0 aromatic carbocycles. The smallest absolute Gasteiger partial charge is 0.236 e. The Hall–Kier alpha value is -1.13. The third-order valence-electron chi connectivity index (χ3n) is 2.07. The first-order chi connectivity index (χ1) is 7.15. The number of nitrogens with one attached hydrogen (secondary N) is 2. The maximum atomic E-state index is 11.2. The molecule has 15 heavy (non-hydrogen) atoms. The second-order valence-electron chi connectivity index (χ2n) is 3.17. The van der Waals surface area contributed by atoms with Gasteiger partial charge < -0.3 is 10.6 Å². The van der Waals surface area contributed by atoms with Crippen LogP contribution in [0.15, 0.2) is 18.3 Å². The Bertz CT molecular complexity index is 343. The van der Waals surface area contributed by atoms with Gasteiger partial charge in [0.15, 0.2) is 0 Å². The van der Waals surface area contributed by atoms with E-state index in [2.05, 4.69) is 15.6 Å². The van der Waals surface area contributed by atoms with Crippen LogP contribution in [0.5, 0.6) is 0 Å². The van der Waals surface area contributed by atoms with E-state index in [9.17, 15) is 4.79 Å². The number of rotatable bonds is 4. The number of hydrogen-bond donors (Lipinski definition) is 2. The second-order valence-corrected chi connectivity index (χ2v) is 3.53. The van der Waals surface area contributed by atoms with Crippen molar-refractivity contribution in [3.05, 3.63) is 29.0 Å². The third-order valence-corrected chi connectivity index (χ3v) is 2.42. The van der Waals surface area contributed by atoms with Crippen molar-refractivity contribution in [3.8, 4) is 0 Å². The molecule has 4 nitrogen and oxygen atoms in total. The number of likely N-dealkylation sites (N-methyl/N-ethyl adjacent to an activating group) is 1. The lowest BCUT2D eigenvalue weighted by atomic mass is 10.2. The van der Waals surface area contributed by atoms with Crippen LogP contribution in [0.3, 0.4) is 0 Å². The molecule has 1 heterocycles. The van der Waals surface area contributed by atoms with Crippen LogP contribution in [-0.2, 0) is 11.3 Å². The standard InChI is InChI=1S/C10H14ClN3O/c1-7(10(15)12-2)14-6-8-4-3-5-13-9(8)11/h3-5,7,14H,6H2,1-2H3,(H,12,15)/t7-/m1/s1. The van der Waals surface area contributed by atoms with E-state index in [0.29, 0.717) is 11.7 Å². The summed E-state index contributed by atoms with van der Waals surface area (Å²) in [6, 6.07) is 3.44.